The van der Waals surface area contributed by atoms with Crippen molar-refractivity contribution in [2.24, 2.45) is 0 Å². The number of likely N-dealkylation sites (N-methyl/N-ethyl adjacent to an activating group) is 1. The molecule has 0 spiro atoms. The Hall–Kier alpha value is -2.18. The van der Waals surface area contributed by atoms with Crippen LogP contribution in [0.3, 0.4) is 0 Å². The molecule has 1 aromatic heterocycles. The Labute approximate surface area is 149 Å². The molecule has 0 aliphatic rings. The van der Waals surface area contributed by atoms with E-state index in [1.807, 2.05) is 5.38 Å². The third kappa shape index (κ3) is 5.18. The molecule has 0 radical (unpaired) electrons. The third-order valence-electron chi connectivity index (χ3n) is 3.32. The zero-order chi connectivity index (χ0) is 17.5. The van der Waals surface area contributed by atoms with Gasteiger partial charge >= 0.3 is 0 Å². The topological polar surface area (TPSA) is 66.5 Å². The van der Waals surface area contributed by atoms with Crippen molar-refractivity contribution in [2.45, 2.75) is 12.8 Å². The van der Waals surface area contributed by atoms with Crippen LogP contribution in [0.25, 0.3) is 0 Å². The molecule has 0 fully saturated rings. The average Bonchev–Trinajstić information content (AvgIpc) is 3.09. The van der Waals surface area contributed by atoms with Gasteiger partial charge < -0.3 is 10.2 Å². The van der Waals surface area contributed by atoms with Crippen molar-refractivity contribution >= 4 is 46.2 Å². The monoisotopic (exact) mass is 364 g/mol. The molecular formula is C17H17ClN2O3S. The second kappa shape index (κ2) is 8.61. The van der Waals surface area contributed by atoms with E-state index in [4.69, 9.17) is 11.6 Å². The molecule has 0 aliphatic heterocycles. The van der Waals surface area contributed by atoms with Gasteiger partial charge in [0.2, 0.25) is 11.8 Å². The Morgan fingerprint density at radius 3 is 2.54 bits per heavy atom. The fraction of sp³-hybridized carbons (Fsp3) is 0.235. The van der Waals surface area contributed by atoms with E-state index in [1.165, 1.54) is 23.3 Å². The highest BCUT2D eigenvalue weighted by atomic mass is 35.5. The second-order valence-corrected chi connectivity index (χ2v) is 6.53. The van der Waals surface area contributed by atoms with Gasteiger partial charge in [-0.1, -0.05) is 29.8 Å². The van der Waals surface area contributed by atoms with Crippen molar-refractivity contribution in [1.29, 1.82) is 0 Å². The van der Waals surface area contributed by atoms with E-state index in [0.717, 1.165) is 0 Å². The number of thiophene rings is 1. The molecule has 0 unspecified atom stereocenters. The molecule has 0 aliphatic carbocycles. The Bertz CT molecular complexity index is 731. The lowest BCUT2D eigenvalue weighted by atomic mass is 10.2. The van der Waals surface area contributed by atoms with Gasteiger partial charge in [-0.15, -0.1) is 11.3 Å². The summed E-state index contributed by atoms with van der Waals surface area (Å²) in [4.78, 5) is 37.8. The first-order valence-electron chi connectivity index (χ1n) is 7.32. The number of anilines is 1. The van der Waals surface area contributed by atoms with Crippen molar-refractivity contribution < 1.29 is 14.4 Å². The first kappa shape index (κ1) is 18.2. The smallest absolute Gasteiger partial charge is 0.244 e. The first-order valence-corrected chi connectivity index (χ1v) is 8.58. The molecule has 2 rings (SSSR count). The van der Waals surface area contributed by atoms with E-state index in [0.29, 0.717) is 15.6 Å². The number of nitrogens with one attached hydrogen (secondary N) is 1. The van der Waals surface area contributed by atoms with Gasteiger partial charge in [0.15, 0.2) is 5.78 Å². The molecule has 24 heavy (non-hydrogen) atoms. The highest BCUT2D eigenvalue weighted by Gasteiger charge is 2.16. The number of benzene rings is 1. The molecule has 1 heterocycles. The van der Waals surface area contributed by atoms with Crippen LogP contribution in [0.1, 0.15) is 22.5 Å². The number of ketones is 1. The van der Waals surface area contributed by atoms with Crippen molar-refractivity contribution in [1.82, 2.24) is 4.90 Å². The minimum absolute atomic E-state index is 0.0627. The maximum Gasteiger partial charge on any atom is 0.244 e. The summed E-state index contributed by atoms with van der Waals surface area (Å²) in [5, 5.41) is 4.90. The van der Waals surface area contributed by atoms with Gasteiger partial charge in [0, 0.05) is 19.9 Å². The van der Waals surface area contributed by atoms with Crippen molar-refractivity contribution in [2.75, 3.05) is 18.9 Å². The van der Waals surface area contributed by atoms with Crippen LogP contribution in [0.2, 0.25) is 5.02 Å². The molecule has 126 valence electrons. The predicted molar refractivity (Wildman–Crippen MR) is 95.6 cm³/mol. The van der Waals surface area contributed by atoms with Gasteiger partial charge in [-0.25, -0.2) is 0 Å². The number of carbonyl (C=O) groups excluding carboxylic acids is 3. The van der Waals surface area contributed by atoms with E-state index in [-0.39, 0.29) is 37.0 Å². The van der Waals surface area contributed by atoms with Crippen LogP contribution in [-0.4, -0.2) is 36.1 Å². The van der Waals surface area contributed by atoms with Crippen LogP contribution in [0.15, 0.2) is 41.8 Å². The Morgan fingerprint density at radius 1 is 1.12 bits per heavy atom. The summed E-state index contributed by atoms with van der Waals surface area (Å²) in [6.45, 7) is -0.1000. The van der Waals surface area contributed by atoms with E-state index in [9.17, 15) is 14.4 Å². The SMILES string of the molecule is CN(CC(=O)Nc1ccccc1Cl)C(=O)CCC(=O)c1cccs1. The molecule has 0 saturated heterocycles. The van der Waals surface area contributed by atoms with Crippen LogP contribution in [0.5, 0.6) is 0 Å². The van der Waals surface area contributed by atoms with Crippen LogP contribution >= 0.6 is 22.9 Å². The zero-order valence-corrected chi connectivity index (χ0v) is 14.7. The standard InChI is InChI=1S/C17H17ClN2O3S/c1-20(11-16(22)19-13-6-3-2-5-12(13)18)17(23)9-8-14(21)15-7-4-10-24-15/h2-7,10H,8-9,11H2,1H3,(H,19,22). The van der Waals surface area contributed by atoms with Gasteiger partial charge in [-0.05, 0) is 23.6 Å². The highest BCUT2D eigenvalue weighted by molar-refractivity contribution is 7.12. The maximum absolute atomic E-state index is 12.0. The molecule has 1 N–H and O–H groups in total. The van der Waals surface area contributed by atoms with Gasteiger partial charge in [0.1, 0.15) is 0 Å². The lowest BCUT2D eigenvalue weighted by Gasteiger charge is -2.17. The number of amides is 2. The van der Waals surface area contributed by atoms with Crippen LogP contribution in [-0.2, 0) is 9.59 Å². The molecule has 2 amide bonds. The minimum Gasteiger partial charge on any atom is -0.336 e. The number of para-hydroxylation sites is 1. The molecule has 0 atom stereocenters. The third-order valence-corrected chi connectivity index (χ3v) is 4.56. The number of Topliss-reactive ketones (excluding diaryl/α,β-unsaturated/α-hetero) is 1. The van der Waals surface area contributed by atoms with Crippen molar-refractivity contribution in [3.05, 3.63) is 51.7 Å². The lowest BCUT2D eigenvalue weighted by molar-refractivity contribution is -0.133. The van der Waals surface area contributed by atoms with Gasteiger partial charge in [0.05, 0.1) is 22.1 Å². The summed E-state index contributed by atoms with van der Waals surface area (Å²) in [7, 11) is 1.53. The number of rotatable bonds is 7. The molecule has 1 aromatic carbocycles. The quantitative estimate of drug-likeness (QED) is 0.765. The van der Waals surface area contributed by atoms with E-state index < -0.39 is 0 Å². The normalized spacial score (nSPS) is 10.2. The number of hydrogen-bond donors (Lipinski definition) is 1. The predicted octanol–water partition coefficient (Wildman–Crippen LogP) is 3.46. The fourth-order valence-electron chi connectivity index (χ4n) is 2.03. The number of halogens is 1. The first-order chi connectivity index (χ1) is 11.5. The second-order valence-electron chi connectivity index (χ2n) is 5.18. The Balaban J connectivity index is 1.79. The summed E-state index contributed by atoms with van der Waals surface area (Å²) in [6, 6.07) is 10.4. The summed E-state index contributed by atoms with van der Waals surface area (Å²) in [5.74, 6) is -0.662. The average molecular weight is 365 g/mol. The lowest BCUT2D eigenvalue weighted by Crippen LogP contribution is -2.35. The molecular weight excluding hydrogens is 348 g/mol. The van der Waals surface area contributed by atoms with Gasteiger partial charge in [0.25, 0.3) is 0 Å². The van der Waals surface area contributed by atoms with Crippen LogP contribution in [0.4, 0.5) is 5.69 Å². The van der Waals surface area contributed by atoms with Gasteiger partial charge in [-0.3, -0.25) is 14.4 Å². The van der Waals surface area contributed by atoms with Crippen molar-refractivity contribution in [3.8, 4) is 0 Å². The molecule has 7 heteroatoms. The summed E-state index contributed by atoms with van der Waals surface area (Å²) < 4.78 is 0. The highest BCUT2D eigenvalue weighted by Crippen LogP contribution is 2.20. The number of carbonyl (C=O) groups is 3. The molecule has 0 bridgehead atoms. The van der Waals surface area contributed by atoms with E-state index in [2.05, 4.69) is 5.32 Å². The largest absolute Gasteiger partial charge is 0.336 e. The Kier molecular flexibility index (Phi) is 6.52. The van der Waals surface area contributed by atoms with Crippen LogP contribution < -0.4 is 5.32 Å². The summed E-state index contributed by atoms with van der Waals surface area (Å²) >= 11 is 7.32. The molecule has 5 nitrogen and oxygen atoms in total. The molecule has 0 saturated carbocycles. The summed E-state index contributed by atoms with van der Waals surface area (Å²) in [6.07, 6.45) is 0.211. The maximum atomic E-state index is 12.0. The zero-order valence-electron chi connectivity index (χ0n) is 13.1. The molecule has 2 aromatic rings. The Morgan fingerprint density at radius 2 is 1.88 bits per heavy atom. The van der Waals surface area contributed by atoms with E-state index >= 15 is 0 Å². The fourth-order valence-corrected chi connectivity index (χ4v) is 2.91. The summed E-state index contributed by atoms with van der Waals surface area (Å²) in [5.41, 5.74) is 0.498. The number of nitrogens with zero attached hydrogens (tertiary/aromatic N) is 1. The van der Waals surface area contributed by atoms with Gasteiger partial charge in [-0.2, -0.15) is 0 Å². The van der Waals surface area contributed by atoms with Crippen LogP contribution in [0, 0.1) is 0 Å². The van der Waals surface area contributed by atoms with E-state index in [1.54, 1.807) is 36.4 Å². The minimum atomic E-state index is -0.344. The number of hydrogen-bond acceptors (Lipinski definition) is 4. The van der Waals surface area contributed by atoms with Crippen molar-refractivity contribution in [3.63, 3.8) is 0 Å².